The highest BCUT2D eigenvalue weighted by Gasteiger charge is 2.19. The summed E-state index contributed by atoms with van der Waals surface area (Å²) in [6, 6.07) is 2.76. The molecular weight excluding hydrogens is 162 g/mol. The molecule has 70 valence electrons. The second-order valence-corrected chi connectivity index (χ2v) is 3.70. The lowest BCUT2D eigenvalue weighted by Gasteiger charge is -2.01. The van der Waals surface area contributed by atoms with Crippen molar-refractivity contribution in [2.75, 3.05) is 6.54 Å². The lowest BCUT2D eigenvalue weighted by Crippen LogP contribution is -2.18. The van der Waals surface area contributed by atoms with Gasteiger partial charge in [0.2, 0.25) is 0 Å². The van der Waals surface area contributed by atoms with Crippen LogP contribution in [0, 0.1) is 0 Å². The largest absolute Gasteiger partial charge is 0.472 e. The summed E-state index contributed by atoms with van der Waals surface area (Å²) < 4.78 is 4.99. The Morgan fingerprint density at radius 2 is 2.54 bits per heavy atom. The fourth-order valence-corrected chi connectivity index (χ4v) is 1.29. The van der Waals surface area contributed by atoms with E-state index in [1.807, 2.05) is 6.07 Å². The monoisotopic (exact) mass is 177 g/mol. The normalized spacial score (nSPS) is 17.8. The first-order valence-electron chi connectivity index (χ1n) is 4.77. The lowest BCUT2D eigenvalue weighted by atomic mass is 10.2. The third-order valence-electron chi connectivity index (χ3n) is 2.20. The fourth-order valence-electron chi connectivity index (χ4n) is 1.29. The Morgan fingerprint density at radius 1 is 1.69 bits per heavy atom. The van der Waals surface area contributed by atoms with E-state index in [-0.39, 0.29) is 0 Å². The minimum Gasteiger partial charge on any atom is -0.472 e. The van der Waals surface area contributed by atoms with Gasteiger partial charge in [0.15, 0.2) is 0 Å². The van der Waals surface area contributed by atoms with Crippen molar-refractivity contribution in [1.29, 1.82) is 0 Å². The Balaban J connectivity index is 1.84. The molecule has 0 bridgehead atoms. The first-order chi connectivity index (χ1) is 6.34. The van der Waals surface area contributed by atoms with E-state index >= 15 is 0 Å². The van der Waals surface area contributed by atoms with E-state index < -0.39 is 0 Å². The molecule has 2 nitrogen and oxygen atoms in total. The molecule has 2 heteroatoms. The molecule has 0 aromatic carbocycles. The molecule has 2 rings (SSSR count). The Morgan fingerprint density at radius 3 is 3.15 bits per heavy atom. The number of rotatable bonds is 4. The molecule has 13 heavy (non-hydrogen) atoms. The minimum atomic E-state index is 0.785. The van der Waals surface area contributed by atoms with Crippen LogP contribution in [0.2, 0.25) is 0 Å². The summed E-state index contributed by atoms with van der Waals surface area (Å²) in [5, 5.41) is 3.47. The number of hydrogen-bond donors (Lipinski definition) is 1. The highest BCUT2D eigenvalue weighted by atomic mass is 16.3. The van der Waals surface area contributed by atoms with E-state index in [1.54, 1.807) is 12.5 Å². The maximum absolute atomic E-state index is 4.99. The van der Waals surface area contributed by atoms with Crippen molar-refractivity contribution in [3.05, 3.63) is 29.7 Å². The average Bonchev–Trinajstić information content (AvgIpc) is 2.82. The van der Waals surface area contributed by atoms with Gasteiger partial charge in [-0.05, 0) is 25.8 Å². The van der Waals surface area contributed by atoms with Crippen LogP contribution in [0.4, 0.5) is 0 Å². The summed E-state index contributed by atoms with van der Waals surface area (Å²) in [5.41, 5.74) is 2.50. The van der Waals surface area contributed by atoms with E-state index in [0.717, 1.165) is 18.2 Å². The molecule has 1 aliphatic rings. The number of hydrogen-bond acceptors (Lipinski definition) is 2. The van der Waals surface area contributed by atoms with E-state index in [0.29, 0.717) is 0 Å². The van der Waals surface area contributed by atoms with Crippen molar-refractivity contribution >= 4 is 6.08 Å². The quantitative estimate of drug-likeness (QED) is 0.764. The summed E-state index contributed by atoms with van der Waals surface area (Å²) in [7, 11) is 0. The Hall–Kier alpha value is -1.02. The minimum absolute atomic E-state index is 0.785. The molecule has 0 radical (unpaired) electrons. The van der Waals surface area contributed by atoms with Crippen LogP contribution in [-0.4, -0.2) is 12.6 Å². The zero-order valence-electron chi connectivity index (χ0n) is 7.92. The molecule has 1 aliphatic carbocycles. The van der Waals surface area contributed by atoms with Crippen molar-refractivity contribution in [2.24, 2.45) is 0 Å². The first-order valence-corrected chi connectivity index (χ1v) is 4.77. The summed E-state index contributed by atoms with van der Waals surface area (Å²) in [6.07, 6.45) is 8.31. The topological polar surface area (TPSA) is 25.2 Å². The van der Waals surface area contributed by atoms with Gasteiger partial charge in [-0.3, -0.25) is 0 Å². The SMILES string of the molecule is CC(=Cc1ccoc1)CNC1CC1. The molecule has 1 N–H and O–H groups in total. The van der Waals surface area contributed by atoms with Crippen molar-refractivity contribution < 1.29 is 4.42 Å². The molecule has 0 atom stereocenters. The van der Waals surface area contributed by atoms with Gasteiger partial charge in [0.1, 0.15) is 0 Å². The van der Waals surface area contributed by atoms with Gasteiger partial charge in [-0.1, -0.05) is 11.6 Å². The predicted molar refractivity (Wildman–Crippen MR) is 53.4 cm³/mol. The molecule has 1 saturated carbocycles. The molecule has 0 amide bonds. The maximum Gasteiger partial charge on any atom is 0.0974 e. The van der Waals surface area contributed by atoms with E-state index in [4.69, 9.17) is 4.42 Å². The summed E-state index contributed by atoms with van der Waals surface area (Å²) >= 11 is 0. The van der Waals surface area contributed by atoms with Gasteiger partial charge < -0.3 is 9.73 Å². The zero-order valence-corrected chi connectivity index (χ0v) is 7.92. The summed E-state index contributed by atoms with van der Waals surface area (Å²) in [5.74, 6) is 0. The highest BCUT2D eigenvalue weighted by molar-refractivity contribution is 5.50. The van der Waals surface area contributed by atoms with E-state index in [9.17, 15) is 0 Å². The molecule has 0 spiro atoms. The van der Waals surface area contributed by atoms with Gasteiger partial charge in [-0.2, -0.15) is 0 Å². The molecule has 1 aromatic rings. The molecular formula is C11H15NO. The fraction of sp³-hybridized carbons (Fsp3) is 0.455. The van der Waals surface area contributed by atoms with Crippen LogP contribution in [0.25, 0.3) is 6.08 Å². The molecule has 1 fully saturated rings. The van der Waals surface area contributed by atoms with Crippen LogP contribution in [0.15, 0.2) is 28.6 Å². The van der Waals surface area contributed by atoms with Crippen molar-refractivity contribution in [2.45, 2.75) is 25.8 Å². The maximum atomic E-state index is 4.99. The van der Waals surface area contributed by atoms with E-state index in [1.165, 1.54) is 18.4 Å². The van der Waals surface area contributed by atoms with Gasteiger partial charge in [0.05, 0.1) is 12.5 Å². The van der Waals surface area contributed by atoms with Crippen LogP contribution in [-0.2, 0) is 0 Å². The lowest BCUT2D eigenvalue weighted by molar-refractivity contribution is 0.567. The Labute approximate surface area is 78.6 Å². The Bertz CT molecular complexity index is 283. The smallest absolute Gasteiger partial charge is 0.0974 e. The van der Waals surface area contributed by atoms with Crippen molar-refractivity contribution in [3.63, 3.8) is 0 Å². The summed E-state index contributed by atoms with van der Waals surface area (Å²) in [6.45, 7) is 3.14. The average molecular weight is 177 g/mol. The van der Waals surface area contributed by atoms with Crippen molar-refractivity contribution in [1.82, 2.24) is 5.32 Å². The van der Waals surface area contributed by atoms with Crippen LogP contribution >= 0.6 is 0 Å². The van der Waals surface area contributed by atoms with Gasteiger partial charge >= 0.3 is 0 Å². The van der Waals surface area contributed by atoms with Crippen LogP contribution in [0.1, 0.15) is 25.3 Å². The first kappa shape index (κ1) is 8.57. The third-order valence-corrected chi connectivity index (χ3v) is 2.20. The molecule has 0 aliphatic heterocycles. The number of furan rings is 1. The standard InChI is InChI=1S/C11H15NO/c1-9(7-12-11-2-3-11)6-10-4-5-13-8-10/h4-6,8,11-12H,2-3,7H2,1H3. The van der Waals surface area contributed by atoms with Gasteiger partial charge in [0, 0.05) is 18.2 Å². The summed E-state index contributed by atoms with van der Waals surface area (Å²) in [4.78, 5) is 0. The van der Waals surface area contributed by atoms with Gasteiger partial charge in [0.25, 0.3) is 0 Å². The second-order valence-electron chi connectivity index (χ2n) is 3.70. The molecule has 1 aromatic heterocycles. The zero-order chi connectivity index (χ0) is 9.10. The van der Waals surface area contributed by atoms with Gasteiger partial charge in [-0.25, -0.2) is 0 Å². The third kappa shape index (κ3) is 2.74. The van der Waals surface area contributed by atoms with Crippen LogP contribution in [0.3, 0.4) is 0 Å². The number of nitrogens with one attached hydrogen (secondary N) is 1. The molecule has 0 unspecified atom stereocenters. The van der Waals surface area contributed by atoms with Crippen molar-refractivity contribution in [3.8, 4) is 0 Å². The van der Waals surface area contributed by atoms with E-state index in [2.05, 4.69) is 18.3 Å². The van der Waals surface area contributed by atoms with Crippen LogP contribution < -0.4 is 5.32 Å². The second kappa shape index (κ2) is 3.79. The molecule has 0 saturated heterocycles. The van der Waals surface area contributed by atoms with Gasteiger partial charge in [-0.15, -0.1) is 0 Å². The molecule has 1 heterocycles. The van der Waals surface area contributed by atoms with Crippen LogP contribution in [0.5, 0.6) is 0 Å². The highest BCUT2D eigenvalue weighted by Crippen LogP contribution is 2.18. The Kier molecular flexibility index (Phi) is 2.50. The predicted octanol–water partition coefficient (Wildman–Crippen LogP) is 2.43.